The van der Waals surface area contributed by atoms with E-state index in [1.807, 2.05) is 12.3 Å². The van der Waals surface area contributed by atoms with Gasteiger partial charge in [-0.1, -0.05) is 15.9 Å². The van der Waals surface area contributed by atoms with Crippen LogP contribution in [0.2, 0.25) is 0 Å². The van der Waals surface area contributed by atoms with E-state index in [-0.39, 0.29) is 11.4 Å². The van der Waals surface area contributed by atoms with Gasteiger partial charge in [0.05, 0.1) is 11.0 Å². The molecule has 1 aromatic heterocycles. The lowest BCUT2D eigenvalue weighted by molar-refractivity contribution is 0.182. The van der Waals surface area contributed by atoms with E-state index in [9.17, 15) is 13.5 Å². The monoisotopic (exact) mass is 453 g/mol. The summed E-state index contributed by atoms with van der Waals surface area (Å²) in [5.41, 5.74) is 1.63. The van der Waals surface area contributed by atoms with Crippen molar-refractivity contribution in [2.75, 3.05) is 6.54 Å². The van der Waals surface area contributed by atoms with Crippen molar-refractivity contribution in [1.29, 1.82) is 0 Å². The lowest BCUT2D eigenvalue weighted by Gasteiger charge is -2.13. The zero-order valence-corrected chi connectivity index (χ0v) is 15.8. The molecule has 2 aromatic rings. The highest BCUT2D eigenvalue weighted by Gasteiger charge is 2.20. The molecule has 0 fully saturated rings. The lowest BCUT2D eigenvalue weighted by Crippen LogP contribution is -2.28. The van der Waals surface area contributed by atoms with E-state index in [1.165, 1.54) is 11.3 Å². The average molecular weight is 455 g/mol. The van der Waals surface area contributed by atoms with Crippen LogP contribution in [0.1, 0.15) is 17.2 Å². The number of hydrogen-bond donors (Lipinski definition) is 2. The first-order valence-electron chi connectivity index (χ1n) is 5.97. The Labute approximate surface area is 144 Å². The Morgan fingerprint density at radius 1 is 1.33 bits per heavy atom. The number of hydrogen-bond acceptors (Lipinski definition) is 4. The zero-order valence-electron chi connectivity index (χ0n) is 11.0. The van der Waals surface area contributed by atoms with Gasteiger partial charge in [-0.3, -0.25) is 0 Å². The van der Waals surface area contributed by atoms with E-state index >= 15 is 0 Å². The van der Waals surface area contributed by atoms with E-state index in [1.54, 1.807) is 23.6 Å². The number of benzene rings is 1. The third-order valence-electron chi connectivity index (χ3n) is 2.90. The van der Waals surface area contributed by atoms with Crippen molar-refractivity contribution >= 4 is 53.2 Å². The van der Waals surface area contributed by atoms with Gasteiger partial charge in [-0.15, -0.1) is 0 Å². The van der Waals surface area contributed by atoms with Crippen LogP contribution in [0.4, 0.5) is 0 Å². The smallest absolute Gasteiger partial charge is 0.241 e. The molecule has 0 amide bonds. The van der Waals surface area contributed by atoms with Gasteiger partial charge in [0, 0.05) is 15.5 Å². The van der Waals surface area contributed by atoms with Crippen LogP contribution >= 0.6 is 43.2 Å². The standard InChI is InChI=1S/C13H13Br2NO3S2/c1-8-4-11(15)13(5-10(8)14)21(18,19)16-6-12(17)9-2-3-20-7-9/h2-5,7,12,16-17H,6H2,1H3. The molecule has 0 radical (unpaired) electrons. The van der Waals surface area contributed by atoms with Gasteiger partial charge in [0.1, 0.15) is 0 Å². The molecule has 2 rings (SSSR count). The zero-order chi connectivity index (χ0) is 15.6. The molecule has 1 aromatic carbocycles. The number of halogens is 2. The van der Waals surface area contributed by atoms with Crippen LogP contribution in [-0.2, 0) is 10.0 Å². The van der Waals surface area contributed by atoms with Gasteiger partial charge in [0.15, 0.2) is 0 Å². The summed E-state index contributed by atoms with van der Waals surface area (Å²) in [5, 5.41) is 13.6. The normalized spacial score (nSPS) is 13.3. The highest BCUT2D eigenvalue weighted by atomic mass is 79.9. The van der Waals surface area contributed by atoms with E-state index < -0.39 is 16.1 Å². The van der Waals surface area contributed by atoms with Gasteiger partial charge < -0.3 is 5.11 Å². The average Bonchev–Trinajstić information content (AvgIpc) is 2.94. The molecule has 1 unspecified atom stereocenters. The van der Waals surface area contributed by atoms with Crippen molar-refractivity contribution in [2.45, 2.75) is 17.9 Å². The number of aliphatic hydroxyl groups is 1. The quantitative estimate of drug-likeness (QED) is 0.725. The number of rotatable bonds is 5. The Bertz CT molecular complexity index is 730. The summed E-state index contributed by atoms with van der Waals surface area (Å²) in [6.07, 6.45) is -0.862. The Hall–Kier alpha value is -0.250. The lowest BCUT2D eigenvalue weighted by atomic mass is 10.2. The third kappa shape index (κ3) is 4.14. The molecule has 8 heteroatoms. The van der Waals surface area contributed by atoms with Crippen LogP contribution in [0.3, 0.4) is 0 Å². The highest BCUT2D eigenvalue weighted by Crippen LogP contribution is 2.29. The van der Waals surface area contributed by atoms with Crippen LogP contribution in [0.25, 0.3) is 0 Å². The number of aryl methyl sites for hydroxylation is 1. The topological polar surface area (TPSA) is 66.4 Å². The molecule has 0 bridgehead atoms. The second-order valence-electron chi connectivity index (χ2n) is 4.46. The number of nitrogens with one attached hydrogen (secondary N) is 1. The fourth-order valence-corrected chi connectivity index (χ4v) is 5.10. The van der Waals surface area contributed by atoms with E-state index in [4.69, 9.17) is 0 Å². The van der Waals surface area contributed by atoms with Crippen LogP contribution in [0.5, 0.6) is 0 Å². The molecule has 0 aliphatic carbocycles. The SMILES string of the molecule is Cc1cc(Br)c(S(=O)(=O)NCC(O)c2ccsc2)cc1Br. The molecule has 2 N–H and O–H groups in total. The molecule has 1 atom stereocenters. The molecule has 21 heavy (non-hydrogen) atoms. The van der Waals surface area contributed by atoms with Crippen molar-refractivity contribution < 1.29 is 13.5 Å². The molecule has 4 nitrogen and oxygen atoms in total. The number of thiophene rings is 1. The third-order valence-corrected chi connectivity index (χ3v) is 6.84. The molecule has 0 saturated carbocycles. The van der Waals surface area contributed by atoms with Crippen LogP contribution < -0.4 is 4.72 Å². The van der Waals surface area contributed by atoms with E-state index in [0.29, 0.717) is 14.5 Å². The Morgan fingerprint density at radius 3 is 2.67 bits per heavy atom. The van der Waals surface area contributed by atoms with Crippen LogP contribution in [0.15, 0.2) is 42.8 Å². The molecule has 0 spiro atoms. The summed E-state index contributed by atoms with van der Waals surface area (Å²) >= 11 is 8.04. The molecule has 0 saturated heterocycles. The maximum Gasteiger partial charge on any atom is 0.241 e. The Balaban J connectivity index is 2.17. The molecular formula is C13H13Br2NO3S2. The Morgan fingerprint density at radius 2 is 2.05 bits per heavy atom. The van der Waals surface area contributed by atoms with Gasteiger partial charge in [-0.25, -0.2) is 13.1 Å². The molecule has 1 heterocycles. The van der Waals surface area contributed by atoms with Crippen LogP contribution in [0, 0.1) is 6.92 Å². The fraction of sp³-hybridized carbons (Fsp3) is 0.231. The number of aliphatic hydroxyl groups excluding tert-OH is 1. The largest absolute Gasteiger partial charge is 0.387 e. The molecule has 0 aliphatic heterocycles. The summed E-state index contributed by atoms with van der Waals surface area (Å²) in [5.74, 6) is 0. The van der Waals surface area contributed by atoms with Gasteiger partial charge in [0.25, 0.3) is 0 Å². The van der Waals surface area contributed by atoms with Crippen molar-refractivity contribution in [3.63, 3.8) is 0 Å². The summed E-state index contributed by atoms with van der Waals surface area (Å²) in [4.78, 5) is 0.137. The minimum absolute atomic E-state index is 0.0724. The fourth-order valence-electron chi connectivity index (χ4n) is 1.68. The van der Waals surface area contributed by atoms with Crippen molar-refractivity contribution in [2.24, 2.45) is 0 Å². The van der Waals surface area contributed by atoms with Crippen molar-refractivity contribution in [1.82, 2.24) is 4.72 Å². The first kappa shape index (κ1) is 17.1. The van der Waals surface area contributed by atoms with Gasteiger partial charge in [-0.05, 0) is 62.9 Å². The summed E-state index contributed by atoms with van der Waals surface area (Å²) in [7, 11) is -3.70. The number of sulfonamides is 1. The second-order valence-corrected chi connectivity index (χ2v) is 8.68. The molecule has 114 valence electrons. The van der Waals surface area contributed by atoms with Gasteiger partial charge in [-0.2, -0.15) is 11.3 Å². The maximum absolute atomic E-state index is 12.3. The summed E-state index contributed by atoms with van der Waals surface area (Å²) in [6, 6.07) is 5.04. The van der Waals surface area contributed by atoms with Crippen molar-refractivity contribution in [3.8, 4) is 0 Å². The van der Waals surface area contributed by atoms with Crippen LogP contribution in [-0.4, -0.2) is 20.1 Å². The highest BCUT2D eigenvalue weighted by molar-refractivity contribution is 9.11. The first-order valence-corrected chi connectivity index (χ1v) is 9.98. The minimum Gasteiger partial charge on any atom is -0.387 e. The van der Waals surface area contributed by atoms with E-state index in [2.05, 4.69) is 36.6 Å². The summed E-state index contributed by atoms with van der Waals surface area (Å²) in [6.45, 7) is 1.80. The Kier molecular flexibility index (Phi) is 5.61. The predicted octanol–water partition coefficient (Wildman–Crippen LogP) is 3.59. The summed E-state index contributed by atoms with van der Waals surface area (Å²) < 4.78 is 28.3. The molecule has 0 aliphatic rings. The van der Waals surface area contributed by atoms with E-state index in [0.717, 1.165) is 5.56 Å². The predicted molar refractivity (Wildman–Crippen MR) is 91.0 cm³/mol. The second kappa shape index (κ2) is 6.89. The van der Waals surface area contributed by atoms with Gasteiger partial charge in [0.2, 0.25) is 10.0 Å². The minimum atomic E-state index is -3.70. The maximum atomic E-state index is 12.3. The van der Waals surface area contributed by atoms with Crippen molar-refractivity contribution in [3.05, 3.63) is 49.0 Å². The first-order chi connectivity index (χ1) is 9.81. The van der Waals surface area contributed by atoms with Gasteiger partial charge >= 0.3 is 0 Å². The molecular weight excluding hydrogens is 442 g/mol.